The molecule has 4 heteroatoms. The van der Waals surface area contributed by atoms with E-state index in [0.717, 1.165) is 59.7 Å². The Kier molecular flexibility index (Phi) is 6.18. The molecule has 8 bridgehead atoms. The molecule has 44 heavy (non-hydrogen) atoms. The van der Waals surface area contributed by atoms with Gasteiger partial charge in [-0.3, -0.25) is 9.59 Å². The molecule has 4 nitrogen and oxygen atoms in total. The zero-order valence-corrected chi connectivity index (χ0v) is 26.8. The van der Waals surface area contributed by atoms with Gasteiger partial charge in [0.1, 0.15) is 19.5 Å². The summed E-state index contributed by atoms with van der Waals surface area (Å²) in [5, 5.41) is 0. The van der Waals surface area contributed by atoms with Gasteiger partial charge in [0.25, 0.3) is 0 Å². The number of hydrogen-bond donors (Lipinski definition) is 0. The van der Waals surface area contributed by atoms with E-state index in [1.54, 1.807) is 0 Å². The predicted molar refractivity (Wildman–Crippen MR) is 175 cm³/mol. The lowest BCUT2D eigenvalue weighted by Gasteiger charge is -2.57. The zero-order chi connectivity index (χ0) is 29.8. The summed E-state index contributed by atoms with van der Waals surface area (Å²) in [6, 6.07) is 8.29. The molecule has 10 aliphatic carbocycles. The highest BCUT2D eigenvalue weighted by atomic mass is 16.2. The van der Waals surface area contributed by atoms with Crippen LogP contribution in [-0.4, -0.2) is 49.0 Å². The summed E-state index contributed by atoms with van der Waals surface area (Å²) < 4.78 is 2.43. The molecule has 0 amide bonds. The normalized spacial score (nSPS) is 41.1. The first kappa shape index (κ1) is 27.6. The molecule has 0 N–H and O–H groups in total. The molecule has 11 rings (SSSR count). The van der Waals surface area contributed by atoms with Crippen molar-refractivity contribution in [1.82, 2.24) is 0 Å². The maximum absolute atomic E-state index is 13.4. The Labute approximate surface area is 263 Å². The molecule has 0 atom stereocenters. The lowest BCUT2D eigenvalue weighted by molar-refractivity contribution is -0.517. The van der Waals surface area contributed by atoms with Gasteiger partial charge in [-0.25, -0.2) is 4.58 Å². The van der Waals surface area contributed by atoms with Crippen LogP contribution in [0.4, 0.5) is 5.69 Å². The maximum atomic E-state index is 13.4. The van der Waals surface area contributed by atoms with Crippen molar-refractivity contribution in [3.05, 3.63) is 65.3 Å². The smallest absolute Gasteiger partial charge is 0.199 e. The minimum absolute atomic E-state index is 0.0284. The second kappa shape index (κ2) is 9.87. The van der Waals surface area contributed by atoms with Crippen molar-refractivity contribution in [2.24, 2.45) is 46.3 Å². The average molecular weight is 590 g/mol. The Morgan fingerprint density at radius 2 is 1.14 bits per heavy atom. The molecule has 1 aromatic rings. The van der Waals surface area contributed by atoms with E-state index in [0.29, 0.717) is 16.4 Å². The van der Waals surface area contributed by atoms with Crippen LogP contribution in [0.5, 0.6) is 0 Å². The summed E-state index contributed by atoms with van der Waals surface area (Å²) in [7, 11) is 4.45. The average Bonchev–Trinajstić information content (AvgIpc) is 2.96. The maximum Gasteiger partial charge on any atom is 0.199 e. The van der Waals surface area contributed by atoms with Crippen molar-refractivity contribution in [3.8, 4) is 0 Å². The van der Waals surface area contributed by atoms with Crippen LogP contribution in [0.1, 0.15) is 88.5 Å². The Bertz CT molecular complexity index is 1430. The third-order valence-corrected chi connectivity index (χ3v) is 13.8. The summed E-state index contributed by atoms with van der Waals surface area (Å²) in [6.07, 6.45) is 25.5. The van der Waals surface area contributed by atoms with E-state index in [1.165, 1.54) is 88.4 Å². The standard InChI is InChI=1S/C40H49N2O2/c1-41(23-39-17-25-11-26(18-39)13-27(12-25)19-39)33-7-3-31(4-8-33)35-37(43)36(38(35)44)32-5-9-34(10-6-32)42(2)24-40-20-28-14-29(21-40)16-30(15-28)22-40/h3-10,25-30,35H,11-24H2,1-2H3/q+1. The first-order chi connectivity index (χ1) is 21.2. The van der Waals surface area contributed by atoms with Crippen LogP contribution in [-0.2, 0) is 9.59 Å². The molecule has 1 aromatic carbocycles. The van der Waals surface area contributed by atoms with Gasteiger partial charge in [-0.05, 0) is 153 Å². The quantitative estimate of drug-likeness (QED) is 0.151. The topological polar surface area (TPSA) is 40.4 Å². The van der Waals surface area contributed by atoms with E-state index in [4.69, 9.17) is 0 Å². The summed E-state index contributed by atoms with van der Waals surface area (Å²) in [6.45, 7) is 2.25. The number of carbonyl (C=O) groups is 2. The Morgan fingerprint density at radius 1 is 0.682 bits per heavy atom. The molecule has 0 aromatic heterocycles. The van der Waals surface area contributed by atoms with Crippen molar-refractivity contribution in [1.29, 1.82) is 0 Å². The molecule has 10 aliphatic rings. The molecular weight excluding hydrogens is 540 g/mol. The second-order valence-electron chi connectivity index (χ2n) is 17.2. The van der Waals surface area contributed by atoms with Gasteiger partial charge in [0, 0.05) is 36.8 Å². The summed E-state index contributed by atoms with van der Waals surface area (Å²) in [5.74, 6) is 5.05. The molecule has 230 valence electrons. The van der Waals surface area contributed by atoms with Crippen LogP contribution in [0.3, 0.4) is 0 Å². The van der Waals surface area contributed by atoms with Crippen LogP contribution in [0, 0.1) is 46.3 Å². The number of anilines is 1. The van der Waals surface area contributed by atoms with Crippen molar-refractivity contribution in [2.75, 3.05) is 32.1 Å². The monoisotopic (exact) mass is 589 g/mol. The number of nitrogens with zero attached hydrogens (tertiary/aromatic N) is 2. The summed E-state index contributed by atoms with van der Waals surface area (Å²) in [5.41, 5.74) is 5.36. The molecule has 0 radical (unpaired) electrons. The predicted octanol–water partition coefficient (Wildman–Crippen LogP) is 7.30. The van der Waals surface area contributed by atoms with Gasteiger partial charge in [0.15, 0.2) is 17.3 Å². The van der Waals surface area contributed by atoms with E-state index in [-0.39, 0.29) is 11.6 Å². The lowest BCUT2D eigenvalue weighted by atomic mass is 9.49. The lowest BCUT2D eigenvalue weighted by Crippen LogP contribution is -2.50. The van der Waals surface area contributed by atoms with Crippen LogP contribution in [0.2, 0.25) is 0 Å². The minimum Gasteiger partial charge on any atom is -0.374 e. The second-order valence-corrected chi connectivity index (χ2v) is 17.2. The van der Waals surface area contributed by atoms with Gasteiger partial charge in [0.05, 0.1) is 5.57 Å². The van der Waals surface area contributed by atoms with Crippen molar-refractivity contribution in [2.45, 2.75) is 83.0 Å². The van der Waals surface area contributed by atoms with E-state index >= 15 is 0 Å². The molecule has 0 unspecified atom stereocenters. The SMILES string of the molecule is CN(CC12CC3CC(CC(C3)C1)C2)c1ccc(C2C(=O)C(=C3C=CC(=[N+](C)CC45CC6CC(CC(C6)C4)C5)C=C3)C2=O)cc1. The Balaban J connectivity index is 0.859. The molecular formula is C40H49N2O2+. The van der Waals surface area contributed by atoms with Gasteiger partial charge < -0.3 is 4.90 Å². The molecule has 0 heterocycles. The first-order valence-electron chi connectivity index (χ1n) is 17.8. The molecule has 0 spiro atoms. The van der Waals surface area contributed by atoms with Gasteiger partial charge in [-0.1, -0.05) is 12.1 Å². The number of carbonyl (C=O) groups excluding carboxylic acids is 2. The van der Waals surface area contributed by atoms with Gasteiger partial charge in [-0.2, -0.15) is 0 Å². The van der Waals surface area contributed by atoms with Gasteiger partial charge in [-0.15, -0.1) is 0 Å². The third-order valence-electron chi connectivity index (χ3n) is 13.8. The summed E-state index contributed by atoms with van der Waals surface area (Å²) in [4.78, 5) is 29.2. The number of rotatable bonds is 6. The van der Waals surface area contributed by atoms with Crippen molar-refractivity contribution < 1.29 is 14.2 Å². The number of hydrogen-bond acceptors (Lipinski definition) is 3. The Morgan fingerprint density at radius 3 is 1.61 bits per heavy atom. The van der Waals surface area contributed by atoms with E-state index in [2.05, 4.69) is 47.9 Å². The number of allylic oxidation sites excluding steroid dienone is 6. The van der Waals surface area contributed by atoms with E-state index < -0.39 is 5.92 Å². The minimum atomic E-state index is -0.647. The number of benzene rings is 1. The zero-order valence-electron chi connectivity index (χ0n) is 26.8. The molecule has 9 saturated carbocycles. The highest BCUT2D eigenvalue weighted by Gasteiger charge is 2.53. The highest BCUT2D eigenvalue weighted by Crippen LogP contribution is 2.61. The largest absolute Gasteiger partial charge is 0.374 e. The van der Waals surface area contributed by atoms with Crippen LogP contribution < -0.4 is 4.90 Å². The van der Waals surface area contributed by atoms with E-state index in [1.807, 2.05) is 24.3 Å². The summed E-state index contributed by atoms with van der Waals surface area (Å²) >= 11 is 0. The highest BCUT2D eigenvalue weighted by molar-refractivity contribution is 6.42. The van der Waals surface area contributed by atoms with Gasteiger partial charge in [0.2, 0.25) is 0 Å². The van der Waals surface area contributed by atoms with Crippen LogP contribution >= 0.6 is 0 Å². The molecule has 0 aliphatic heterocycles. The number of Topliss-reactive ketones (excluding diaryl/α,β-unsaturated/α-hetero) is 2. The fourth-order valence-electron chi connectivity index (χ4n) is 13.0. The Hall–Kier alpha value is -2.75. The van der Waals surface area contributed by atoms with Crippen LogP contribution in [0.25, 0.3) is 0 Å². The van der Waals surface area contributed by atoms with Crippen molar-refractivity contribution in [3.63, 3.8) is 0 Å². The fraction of sp³-hybridized carbons (Fsp3) is 0.625. The fourth-order valence-corrected chi connectivity index (χ4v) is 13.0. The number of ketones is 2. The molecule has 9 fully saturated rings. The third kappa shape index (κ3) is 4.48. The first-order valence-corrected chi connectivity index (χ1v) is 17.8. The van der Waals surface area contributed by atoms with Gasteiger partial charge >= 0.3 is 0 Å². The van der Waals surface area contributed by atoms with Crippen molar-refractivity contribution >= 4 is 23.0 Å². The molecule has 0 saturated heterocycles. The van der Waals surface area contributed by atoms with E-state index in [9.17, 15) is 9.59 Å². The van der Waals surface area contributed by atoms with Crippen LogP contribution in [0.15, 0.2) is 59.7 Å².